The number of unbranched alkanes of at least 4 members (excludes halogenated alkanes) is 9. The molecule has 0 aliphatic carbocycles. The Morgan fingerprint density at radius 2 is 1.59 bits per heavy atom. The lowest BCUT2D eigenvalue weighted by atomic mass is 10.1. The third-order valence-electron chi connectivity index (χ3n) is 4.73. The van der Waals surface area contributed by atoms with Gasteiger partial charge in [0.05, 0.1) is 26.1 Å². The standard InChI is InChI=1S/C18H34N2O2/c1-2-3-4-5-6-7-8-9-10-11-14-20(15-12-18(21)22)16-13-19-17-20/h17H,2-16H2,1H3/p+1. The van der Waals surface area contributed by atoms with E-state index in [1.807, 2.05) is 6.34 Å². The van der Waals surface area contributed by atoms with E-state index < -0.39 is 5.97 Å². The van der Waals surface area contributed by atoms with E-state index in [9.17, 15) is 4.79 Å². The first-order chi connectivity index (χ1) is 10.7. The van der Waals surface area contributed by atoms with E-state index >= 15 is 0 Å². The number of quaternary nitrogens is 1. The van der Waals surface area contributed by atoms with E-state index in [-0.39, 0.29) is 6.42 Å². The lowest BCUT2D eigenvalue weighted by Crippen LogP contribution is -2.47. The van der Waals surface area contributed by atoms with Crippen molar-refractivity contribution in [3.8, 4) is 0 Å². The Balaban J connectivity index is 2.02. The lowest BCUT2D eigenvalue weighted by molar-refractivity contribution is -0.828. The normalized spacial score (nSPS) is 20.6. The number of aliphatic carboxylic acids is 1. The van der Waals surface area contributed by atoms with Crippen LogP contribution in [0.2, 0.25) is 0 Å². The number of nitrogens with zero attached hydrogens (tertiary/aromatic N) is 2. The Labute approximate surface area is 136 Å². The van der Waals surface area contributed by atoms with Gasteiger partial charge in [0.1, 0.15) is 6.54 Å². The topological polar surface area (TPSA) is 49.7 Å². The molecule has 1 rings (SSSR count). The molecular formula is C18H35N2O2+. The fraction of sp³-hybridized carbons (Fsp3) is 0.889. The average Bonchev–Trinajstić information content (AvgIpc) is 2.96. The van der Waals surface area contributed by atoms with Crippen LogP contribution in [0.25, 0.3) is 0 Å². The Bertz CT molecular complexity index is 331. The molecule has 1 aliphatic rings. The van der Waals surface area contributed by atoms with Gasteiger partial charge < -0.3 is 5.11 Å². The molecule has 0 saturated heterocycles. The first kappa shape index (κ1) is 19.1. The summed E-state index contributed by atoms with van der Waals surface area (Å²) in [6.07, 6.45) is 15.7. The fourth-order valence-electron chi connectivity index (χ4n) is 3.23. The smallest absolute Gasteiger partial charge is 0.309 e. The molecule has 0 saturated carbocycles. The highest BCUT2D eigenvalue weighted by Gasteiger charge is 2.29. The van der Waals surface area contributed by atoms with Crippen LogP contribution < -0.4 is 0 Å². The van der Waals surface area contributed by atoms with Crippen molar-refractivity contribution < 1.29 is 14.4 Å². The number of aliphatic imine (C=N–C) groups is 1. The van der Waals surface area contributed by atoms with Crippen molar-refractivity contribution in [1.82, 2.24) is 0 Å². The average molecular weight is 311 g/mol. The first-order valence-electron chi connectivity index (χ1n) is 9.27. The molecule has 1 aliphatic heterocycles. The monoisotopic (exact) mass is 311 g/mol. The molecule has 0 aromatic rings. The van der Waals surface area contributed by atoms with E-state index in [0.29, 0.717) is 6.54 Å². The summed E-state index contributed by atoms with van der Waals surface area (Å²) in [5, 5.41) is 8.88. The summed E-state index contributed by atoms with van der Waals surface area (Å²) in [7, 11) is 0. The van der Waals surface area contributed by atoms with Gasteiger partial charge in [0, 0.05) is 0 Å². The lowest BCUT2D eigenvalue weighted by Gasteiger charge is -2.29. The van der Waals surface area contributed by atoms with Crippen LogP contribution in [-0.4, -0.2) is 48.1 Å². The maximum absolute atomic E-state index is 10.8. The summed E-state index contributed by atoms with van der Waals surface area (Å²) in [5.41, 5.74) is 0. The number of carboxylic acids is 1. The Hall–Kier alpha value is -0.900. The minimum Gasteiger partial charge on any atom is -0.481 e. The van der Waals surface area contributed by atoms with E-state index in [1.54, 1.807) is 0 Å². The number of hydrogen-bond acceptors (Lipinski definition) is 2. The molecule has 0 fully saturated rings. The number of carboxylic acid groups (broad SMARTS) is 1. The predicted octanol–water partition coefficient (Wildman–Crippen LogP) is 4.24. The summed E-state index contributed by atoms with van der Waals surface area (Å²) in [4.78, 5) is 15.1. The van der Waals surface area contributed by atoms with Crippen molar-refractivity contribution in [3.63, 3.8) is 0 Å². The number of carbonyl (C=O) groups is 1. The first-order valence-corrected chi connectivity index (χ1v) is 9.27. The van der Waals surface area contributed by atoms with Crippen LogP contribution in [0.5, 0.6) is 0 Å². The third-order valence-corrected chi connectivity index (χ3v) is 4.73. The highest BCUT2D eigenvalue weighted by molar-refractivity contribution is 5.67. The van der Waals surface area contributed by atoms with E-state index in [4.69, 9.17) is 5.11 Å². The number of rotatable bonds is 14. The van der Waals surface area contributed by atoms with Gasteiger partial charge in [0.2, 0.25) is 0 Å². The molecule has 0 spiro atoms. The molecule has 0 aromatic carbocycles. The molecule has 4 heteroatoms. The van der Waals surface area contributed by atoms with Gasteiger partial charge in [-0.2, -0.15) is 0 Å². The molecule has 0 bridgehead atoms. The molecule has 1 heterocycles. The van der Waals surface area contributed by atoms with Crippen molar-refractivity contribution in [3.05, 3.63) is 0 Å². The maximum Gasteiger partial charge on any atom is 0.309 e. The second-order valence-corrected chi connectivity index (χ2v) is 6.74. The van der Waals surface area contributed by atoms with Gasteiger partial charge in [-0.25, -0.2) is 4.99 Å². The highest BCUT2D eigenvalue weighted by Crippen LogP contribution is 2.15. The van der Waals surface area contributed by atoms with Crippen LogP contribution in [0.1, 0.15) is 77.6 Å². The predicted molar refractivity (Wildman–Crippen MR) is 92.3 cm³/mol. The van der Waals surface area contributed by atoms with Crippen LogP contribution in [0.3, 0.4) is 0 Å². The largest absolute Gasteiger partial charge is 0.481 e. The van der Waals surface area contributed by atoms with Crippen LogP contribution in [0.15, 0.2) is 4.99 Å². The van der Waals surface area contributed by atoms with Gasteiger partial charge in [0.25, 0.3) is 0 Å². The zero-order valence-electron chi connectivity index (χ0n) is 14.4. The van der Waals surface area contributed by atoms with Crippen molar-refractivity contribution >= 4 is 12.3 Å². The Kier molecular flexibility index (Phi) is 10.1. The zero-order valence-corrected chi connectivity index (χ0v) is 14.4. The highest BCUT2D eigenvalue weighted by atomic mass is 16.4. The molecule has 1 N–H and O–H groups in total. The molecule has 0 radical (unpaired) electrons. The minimum absolute atomic E-state index is 0.254. The second-order valence-electron chi connectivity index (χ2n) is 6.74. The number of hydrogen-bond donors (Lipinski definition) is 1. The quantitative estimate of drug-likeness (QED) is 0.385. The molecular weight excluding hydrogens is 276 g/mol. The Morgan fingerprint density at radius 3 is 2.09 bits per heavy atom. The van der Waals surface area contributed by atoms with Crippen molar-refractivity contribution in [2.75, 3.05) is 26.2 Å². The molecule has 1 unspecified atom stereocenters. The SMILES string of the molecule is CCCCCCCCCCCC[N+]1(CCC(=O)O)C=NCC1. The second kappa shape index (κ2) is 11.6. The van der Waals surface area contributed by atoms with Gasteiger partial charge in [-0.1, -0.05) is 58.3 Å². The Morgan fingerprint density at radius 1 is 1.00 bits per heavy atom. The van der Waals surface area contributed by atoms with Crippen molar-refractivity contribution in [2.45, 2.75) is 77.6 Å². The van der Waals surface area contributed by atoms with Crippen LogP contribution >= 0.6 is 0 Å². The van der Waals surface area contributed by atoms with Crippen LogP contribution in [0, 0.1) is 0 Å². The maximum atomic E-state index is 10.8. The minimum atomic E-state index is -0.694. The van der Waals surface area contributed by atoms with Gasteiger partial charge >= 0.3 is 5.97 Å². The molecule has 22 heavy (non-hydrogen) atoms. The van der Waals surface area contributed by atoms with E-state index in [0.717, 1.165) is 24.1 Å². The van der Waals surface area contributed by atoms with Crippen LogP contribution in [-0.2, 0) is 4.79 Å². The summed E-state index contributed by atoms with van der Waals surface area (Å²) < 4.78 is 0.795. The van der Waals surface area contributed by atoms with Gasteiger partial charge in [-0.3, -0.25) is 9.28 Å². The molecule has 1 atom stereocenters. The molecule has 128 valence electrons. The molecule has 4 nitrogen and oxygen atoms in total. The van der Waals surface area contributed by atoms with E-state index in [1.165, 1.54) is 64.2 Å². The third kappa shape index (κ3) is 8.52. The summed E-state index contributed by atoms with van der Waals surface area (Å²) in [6.45, 7) is 5.88. The van der Waals surface area contributed by atoms with Crippen molar-refractivity contribution in [1.29, 1.82) is 0 Å². The molecule has 0 amide bonds. The molecule has 0 aromatic heterocycles. The van der Waals surface area contributed by atoms with Crippen molar-refractivity contribution in [2.24, 2.45) is 4.99 Å². The fourth-order valence-corrected chi connectivity index (χ4v) is 3.23. The summed E-state index contributed by atoms with van der Waals surface area (Å²) in [5.74, 6) is -0.694. The van der Waals surface area contributed by atoms with Gasteiger partial charge in [-0.05, 0) is 12.8 Å². The van der Waals surface area contributed by atoms with E-state index in [2.05, 4.69) is 11.9 Å². The zero-order chi connectivity index (χ0) is 16.1. The summed E-state index contributed by atoms with van der Waals surface area (Å²) in [6, 6.07) is 0. The van der Waals surface area contributed by atoms with Gasteiger partial charge in [0.15, 0.2) is 6.34 Å². The van der Waals surface area contributed by atoms with Crippen LogP contribution in [0.4, 0.5) is 0 Å². The van der Waals surface area contributed by atoms with Gasteiger partial charge in [-0.15, -0.1) is 0 Å². The summed E-state index contributed by atoms with van der Waals surface area (Å²) >= 11 is 0.